The van der Waals surface area contributed by atoms with Crippen LogP contribution in [0.1, 0.15) is 58.2 Å². The van der Waals surface area contributed by atoms with Gasteiger partial charge in [-0.2, -0.15) is 0 Å². The van der Waals surface area contributed by atoms with Crippen molar-refractivity contribution in [3.05, 3.63) is 28.8 Å². The average Bonchev–Trinajstić information content (AvgIpc) is 2.31. The van der Waals surface area contributed by atoms with Gasteiger partial charge in [0.2, 0.25) is 0 Å². The van der Waals surface area contributed by atoms with Crippen molar-refractivity contribution in [1.29, 1.82) is 0 Å². The summed E-state index contributed by atoms with van der Waals surface area (Å²) in [7, 11) is 0. The largest absolute Gasteiger partial charge is 0.490 e. The van der Waals surface area contributed by atoms with Crippen molar-refractivity contribution < 1.29 is 14.2 Å². The van der Waals surface area contributed by atoms with Gasteiger partial charge in [-0.25, -0.2) is 0 Å². The SMILES string of the molecule is Cc1cc(C)c(OCC(COC(C)(C)C)OC(C)(C)C)c(C)c1. The average molecular weight is 322 g/mol. The molecule has 3 heteroatoms. The van der Waals surface area contributed by atoms with E-state index in [9.17, 15) is 0 Å². The summed E-state index contributed by atoms with van der Waals surface area (Å²) >= 11 is 0. The van der Waals surface area contributed by atoms with Gasteiger partial charge >= 0.3 is 0 Å². The molecule has 1 aromatic rings. The first kappa shape index (κ1) is 20.0. The molecule has 3 nitrogen and oxygen atoms in total. The second-order valence-electron chi connectivity index (χ2n) is 8.31. The number of hydrogen-bond donors (Lipinski definition) is 0. The number of rotatable bonds is 6. The zero-order valence-corrected chi connectivity index (χ0v) is 16.4. The lowest BCUT2D eigenvalue weighted by Crippen LogP contribution is -2.37. The van der Waals surface area contributed by atoms with E-state index in [0.717, 1.165) is 16.9 Å². The van der Waals surface area contributed by atoms with Crippen LogP contribution in [0.4, 0.5) is 0 Å². The summed E-state index contributed by atoms with van der Waals surface area (Å²) in [5.41, 5.74) is 3.16. The van der Waals surface area contributed by atoms with Crippen molar-refractivity contribution in [1.82, 2.24) is 0 Å². The minimum absolute atomic E-state index is 0.102. The van der Waals surface area contributed by atoms with Crippen LogP contribution in [0.2, 0.25) is 0 Å². The van der Waals surface area contributed by atoms with Crippen LogP contribution in [-0.2, 0) is 9.47 Å². The maximum Gasteiger partial charge on any atom is 0.125 e. The van der Waals surface area contributed by atoms with Crippen LogP contribution >= 0.6 is 0 Å². The first-order valence-electron chi connectivity index (χ1n) is 8.40. The van der Waals surface area contributed by atoms with Gasteiger partial charge < -0.3 is 14.2 Å². The molecule has 0 aliphatic heterocycles. The number of ether oxygens (including phenoxy) is 3. The molecule has 1 aromatic carbocycles. The van der Waals surface area contributed by atoms with Crippen LogP contribution in [0.25, 0.3) is 0 Å². The zero-order valence-electron chi connectivity index (χ0n) is 16.4. The number of benzene rings is 1. The normalized spacial score (nSPS) is 14.0. The third-order valence-electron chi connectivity index (χ3n) is 3.24. The molecule has 1 rings (SSSR count). The molecular formula is C20H34O3. The lowest BCUT2D eigenvalue weighted by Gasteiger charge is -2.30. The smallest absolute Gasteiger partial charge is 0.125 e. The molecule has 23 heavy (non-hydrogen) atoms. The summed E-state index contributed by atoms with van der Waals surface area (Å²) in [5, 5.41) is 0. The fourth-order valence-corrected chi connectivity index (χ4v) is 2.53. The summed E-state index contributed by atoms with van der Waals surface area (Å²) < 4.78 is 18.1. The topological polar surface area (TPSA) is 27.7 Å². The highest BCUT2D eigenvalue weighted by Gasteiger charge is 2.23. The number of hydrogen-bond acceptors (Lipinski definition) is 3. The highest BCUT2D eigenvalue weighted by atomic mass is 16.6. The predicted molar refractivity (Wildman–Crippen MR) is 96.5 cm³/mol. The van der Waals surface area contributed by atoms with E-state index >= 15 is 0 Å². The first-order chi connectivity index (χ1) is 10.4. The lowest BCUT2D eigenvalue weighted by molar-refractivity contribution is -0.130. The van der Waals surface area contributed by atoms with E-state index in [4.69, 9.17) is 14.2 Å². The van der Waals surface area contributed by atoms with Crippen molar-refractivity contribution in [2.24, 2.45) is 0 Å². The molecule has 1 unspecified atom stereocenters. The zero-order chi connectivity index (χ0) is 17.8. The Labute approximate surface area is 142 Å². The van der Waals surface area contributed by atoms with E-state index in [-0.39, 0.29) is 17.3 Å². The molecule has 0 spiro atoms. The third-order valence-corrected chi connectivity index (χ3v) is 3.24. The Morgan fingerprint density at radius 3 is 1.78 bits per heavy atom. The molecule has 0 N–H and O–H groups in total. The second kappa shape index (κ2) is 7.67. The van der Waals surface area contributed by atoms with Gasteiger partial charge in [0.05, 0.1) is 17.8 Å². The Hall–Kier alpha value is -1.06. The van der Waals surface area contributed by atoms with Crippen LogP contribution in [0.15, 0.2) is 12.1 Å². The number of aryl methyl sites for hydroxylation is 3. The van der Waals surface area contributed by atoms with E-state index in [2.05, 4.69) is 74.4 Å². The molecule has 0 heterocycles. The summed E-state index contributed by atoms with van der Waals surface area (Å²) in [4.78, 5) is 0. The fraction of sp³-hybridized carbons (Fsp3) is 0.700. The van der Waals surface area contributed by atoms with Gasteiger partial charge in [0.25, 0.3) is 0 Å². The minimum Gasteiger partial charge on any atom is -0.490 e. The van der Waals surface area contributed by atoms with Crippen LogP contribution in [-0.4, -0.2) is 30.5 Å². The third kappa shape index (κ3) is 7.85. The summed E-state index contributed by atoms with van der Waals surface area (Å²) in [6.07, 6.45) is -0.102. The van der Waals surface area contributed by atoms with Gasteiger partial charge in [-0.1, -0.05) is 17.7 Å². The van der Waals surface area contributed by atoms with E-state index in [0.29, 0.717) is 13.2 Å². The summed E-state index contributed by atoms with van der Waals surface area (Å²) in [5.74, 6) is 0.953. The van der Waals surface area contributed by atoms with Crippen molar-refractivity contribution in [3.63, 3.8) is 0 Å². The Kier molecular flexibility index (Phi) is 6.67. The first-order valence-corrected chi connectivity index (χ1v) is 8.40. The Bertz CT molecular complexity index is 484. The van der Waals surface area contributed by atoms with Crippen LogP contribution in [0.5, 0.6) is 5.75 Å². The Morgan fingerprint density at radius 1 is 0.826 bits per heavy atom. The molecule has 1 atom stereocenters. The molecule has 0 aliphatic rings. The van der Waals surface area contributed by atoms with E-state index in [1.54, 1.807) is 0 Å². The van der Waals surface area contributed by atoms with E-state index in [1.165, 1.54) is 5.56 Å². The predicted octanol–water partition coefficient (Wildman–Crippen LogP) is 4.99. The second-order valence-corrected chi connectivity index (χ2v) is 8.31. The molecule has 0 aromatic heterocycles. The molecule has 0 saturated carbocycles. The van der Waals surface area contributed by atoms with Crippen molar-refractivity contribution in [2.45, 2.75) is 79.6 Å². The standard InChI is InChI=1S/C20H34O3/c1-14-10-15(2)18(16(3)11-14)21-12-17(23-20(7,8)9)13-22-19(4,5)6/h10-11,17H,12-13H2,1-9H3. The van der Waals surface area contributed by atoms with Crippen molar-refractivity contribution >= 4 is 0 Å². The summed E-state index contributed by atoms with van der Waals surface area (Å²) in [6, 6.07) is 4.29. The highest BCUT2D eigenvalue weighted by Crippen LogP contribution is 2.25. The van der Waals surface area contributed by atoms with Crippen molar-refractivity contribution in [2.75, 3.05) is 13.2 Å². The molecule has 0 amide bonds. The van der Waals surface area contributed by atoms with Crippen LogP contribution in [0, 0.1) is 20.8 Å². The van der Waals surface area contributed by atoms with Crippen LogP contribution in [0.3, 0.4) is 0 Å². The van der Waals surface area contributed by atoms with Gasteiger partial charge in [0, 0.05) is 0 Å². The highest BCUT2D eigenvalue weighted by molar-refractivity contribution is 5.42. The molecular weight excluding hydrogens is 288 g/mol. The monoisotopic (exact) mass is 322 g/mol. The lowest BCUT2D eigenvalue weighted by atomic mass is 10.1. The molecule has 0 saturated heterocycles. The van der Waals surface area contributed by atoms with Gasteiger partial charge in [-0.05, 0) is 73.4 Å². The van der Waals surface area contributed by atoms with E-state index in [1.807, 2.05) is 0 Å². The molecule has 0 radical (unpaired) electrons. The quantitative estimate of drug-likeness (QED) is 0.738. The molecule has 0 aliphatic carbocycles. The van der Waals surface area contributed by atoms with Gasteiger partial charge in [0.15, 0.2) is 0 Å². The minimum atomic E-state index is -0.230. The maximum absolute atomic E-state index is 6.11. The van der Waals surface area contributed by atoms with Crippen molar-refractivity contribution in [3.8, 4) is 5.75 Å². The molecule has 0 bridgehead atoms. The van der Waals surface area contributed by atoms with Gasteiger partial charge in [0.1, 0.15) is 18.5 Å². The summed E-state index contributed by atoms with van der Waals surface area (Å²) in [6.45, 7) is 19.6. The van der Waals surface area contributed by atoms with Gasteiger partial charge in [-0.3, -0.25) is 0 Å². The maximum atomic E-state index is 6.11. The van der Waals surface area contributed by atoms with E-state index < -0.39 is 0 Å². The Morgan fingerprint density at radius 2 is 1.35 bits per heavy atom. The van der Waals surface area contributed by atoms with Crippen LogP contribution < -0.4 is 4.74 Å². The molecule has 132 valence electrons. The molecule has 0 fully saturated rings. The van der Waals surface area contributed by atoms with Gasteiger partial charge in [-0.15, -0.1) is 0 Å². The Balaban J connectivity index is 2.77. The fourth-order valence-electron chi connectivity index (χ4n) is 2.53.